The van der Waals surface area contributed by atoms with Crippen LogP contribution in [0, 0.1) is 0 Å². The lowest BCUT2D eigenvalue weighted by Gasteiger charge is -2.33. The zero-order valence-electron chi connectivity index (χ0n) is 17.5. The number of ether oxygens (including phenoxy) is 1. The number of nitrogens with zero attached hydrogens (tertiary/aromatic N) is 2. The summed E-state index contributed by atoms with van der Waals surface area (Å²) in [4.78, 5) is 18.7. The molecule has 0 saturated carbocycles. The van der Waals surface area contributed by atoms with Crippen LogP contribution in [0.4, 0.5) is 0 Å². The van der Waals surface area contributed by atoms with Gasteiger partial charge in [0.15, 0.2) is 0 Å². The number of aromatic nitrogens is 1. The second-order valence-electron chi connectivity index (χ2n) is 7.73. The van der Waals surface area contributed by atoms with Gasteiger partial charge >= 0.3 is 0 Å². The maximum Gasteiger partial charge on any atom is 0.244 e. The molecule has 0 aliphatic carbocycles. The standard InChI is InChI=1S/C24H27N3O4/c1-30-19-4-6-22-21(15-19)20(8-11-25-22)23(28)16-27-12-9-17(10-13-27)26-24(29)7-5-18-3-2-14-31-18/h2-8,11,14-15,17,23,28H,9-10,12-13,16H2,1H3,(H,26,29)/b7-5+/t23-/m0/s1. The van der Waals surface area contributed by atoms with Gasteiger partial charge < -0.3 is 24.5 Å². The van der Waals surface area contributed by atoms with Gasteiger partial charge in [-0.15, -0.1) is 0 Å². The van der Waals surface area contributed by atoms with Crippen LogP contribution in [0.25, 0.3) is 17.0 Å². The number of fused-ring (bicyclic) bond motifs is 1. The first-order chi connectivity index (χ1) is 15.1. The van der Waals surface area contributed by atoms with Crippen molar-refractivity contribution in [2.75, 3.05) is 26.7 Å². The van der Waals surface area contributed by atoms with E-state index in [1.807, 2.05) is 24.3 Å². The highest BCUT2D eigenvalue weighted by Crippen LogP contribution is 2.27. The highest BCUT2D eigenvalue weighted by molar-refractivity contribution is 5.91. The van der Waals surface area contributed by atoms with Gasteiger partial charge in [0.25, 0.3) is 0 Å². The Kier molecular flexibility index (Phi) is 6.64. The fourth-order valence-electron chi connectivity index (χ4n) is 3.96. The number of pyridine rings is 1. The molecule has 31 heavy (non-hydrogen) atoms. The summed E-state index contributed by atoms with van der Waals surface area (Å²) in [5, 5.41) is 14.9. The summed E-state index contributed by atoms with van der Waals surface area (Å²) in [7, 11) is 1.63. The van der Waals surface area contributed by atoms with Crippen LogP contribution < -0.4 is 10.1 Å². The number of furan rings is 1. The lowest BCUT2D eigenvalue weighted by atomic mass is 10.0. The van der Waals surface area contributed by atoms with Gasteiger partial charge in [-0.05, 0) is 60.9 Å². The molecule has 3 aromatic rings. The Morgan fingerprint density at radius 2 is 2.19 bits per heavy atom. The Morgan fingerprint density at radius 1 is 1.35 bits per heavy atom. The number of hydrogen-bond acceptors (Lipinski definition) is 6. The SMILES string of the molecule is COc1ccc2nccc([C@@H](O)CN3CCC(NC(=O)/C=C/c4ccco4)CC3)c2c1. The zero-order chi connectivity index (χ0) is 21.6. The van der Waals surface area contributed by atoms with Gasteiger partial charge in [0.2, 0.25) is 5.91 Å². The van der Waals surface area contributed by atoms with Crippen molar-refractivity contribution in [3.05, 3.63) is 66.3 Å². The lowest BCUT2D eigenvalue weighted by molar-refractivity contribution is -0.117. The Morgan fingerprint density at radius 3 is 2.94 bits per heavy atom. The van der Waals surface area contributed by atoms with Gasteiger partial charge in [-0.1, -0.05) is 0 Å². The van der Waals surface area contributed by atoms with Gasteiger partial charge in [-0.2, -0.15) is 0 Å². The molecule has 1 fully saturated rings. The molecule has 162 valence electrons. The van der Waals surface area contributed by atoms with E-state index in [-0.39, 0.29) is 11.9 Å². The monoisotopic (exact) mass is 421 g/mol. The molecule has 0 unspecified atom stereocenters. The van der Waals surface area contributed by atoms with E-state index in [0.29, 0.717) is 12.3 Å². The minimum Gasteiger partial charge on any atom is -0.497 e. The molecule has 0 radical (unpaired) electrons. The van der Waals surface area contributed by atoms with Crippen molar-refractivity contribution < 1.29 is 19.1 Å². The first kappa shape index (κ1) is 21.1. The van der Waals surface area contributed by atoms with Gasteiger partial charge in [-0.25, -0.2) is 0 Å². The summed E-state index contributed by atoms with van der Waals surface area (Å²) in [6, 6.07) is 11.3. The number of piperidine rings is 1. The summed E-state index contributed by atoms with van der Waals surface area (Å²) in [6.45, 7) is 2.17. The number of aliphatic hydroxyl groups is 1. The van der Waals surface area contributed by atoms with E-state index in [1.54, 1.807) is 37.8 Å². The molecule has 1 atom stereocenters. The number of β-amino-alcohol motifs (C(OH)–C–C–N with tert-alkyl or cyclic N) is 1. The van der Waals surface area contributed by atoms with Crippen LogP contribution in [0.15, 0.2) is 59.4 Å². The average Bonchev–Trinajstić information content (AvgIpc) is 3.32. The molecule has 7 nitrogen and oxygen atoms in total. The Bertz CT molecular complexity index is 1040. The predicted molar refractivity (Wildman–Crippen MR) is 119 cm³/mol. The van der Waals surface area contributed by atoms with E-state index in [2.05, 4.69) is 15.2 Å². The number of benzene rings is 1. The van der Waals surface area contributed by atoms with Crippen molar-refractivity contribution in [3.63, 3.8) is 0 Å². The molecule has 4 rings (SSSR count). The van der Waals surface area contributed by atoms with Crippen molar-refractivity contribution >= 4 is 22.9 Å². The number of carbonyl (C=O) groups excluding carboxylic acids is 1. The minimum atomic E-state index is -0.625. The van der Waals surface area contributed by atoms with Crippen molar-refractivity contribution in [2.24, 2.45) is 0 Å². The largest absolute Gasteiger partial charge is 0.497 e. The summed E-state index contributed by atoms with van der Waals surface area (Å²) < 4.78 is 10.5. The molecule has 1 amide bonds. The van der Waals surface area contributed by atoms with E-state index >= 15 is 0 Å². The molecule has 1 aliphatic heterocycles. The maximum atomic E-state index is 12.1. The topological polar surface area (TPSA) is 87.8 Å². The normalized spacial score (nSPS) is 16.6. The summed E-state index contributed by atoms with van der Waals surface area (Å²) >= 11 is 0. The third kappa shape index (κ3) is 5.31. The molecule has 2 aromatic heterocycles. The molecule has 1 aliphatic rings. The minimum absolute atomic E-state index is 0.118. The molecule has 2 N–H and O–H groups in total. The van der Waals surface area contributed by atoms with Crippen molar-refractivity contribution in [2.45, 2.75) is 25.0 Å². The van der Waals surface area contributed by atoms with Gasteiger partial charge in [0, 0.05) is 43.3 Å². The lowest BCUT2D eigenvalue weighted by Crippen LogP contribution is -2.45. The average molecular weight is 421 g/mol. The first-order valence-corrected chi connectivity index (χ1v) is 10.5. The highest BCUT2D eigenvalue weighted by Gasteiger charge is 2.23. The van der Waals surface area contributed by atoms with Crippen LogP contribution in [0.3, 0.4) is 0 Å². The predicted octanol–water partition coefficient (Wildman–Crippen LogP) is 3.16. The van der Waals surface area contributed by atoms with E-state index in [1.165, 1.54) is 6.08 Å². The first-order valence-electron chi connectivity index (χ1n) is 10.5. The highest BCUT2D eigenvalue weighted by atomic mass is 16.5. The van der Waals surface area contributed by atoms with Crippen LogP contribution in [-0.2, 0) is 4.79 Å². The number of aliphatic hydroxyl groups excluding tert-OH is 1. The Labute approximate surface area is 181 Å². The molecule has 7 heteroatoms. The van der Waals surface area contributed by atoms with Crippen LogP contribution in [0.1, 0.15) is 30.3 Å². The summed E-state index contributed by atoms with van der Waals surface area (Å²) in [6.07, 6.45) is 7.53. The summed E-state index contributed by atoms with van der Waals surface area (Å²) in [5.74, 6) is 1.28. The molecular formula is C24H27N3O4. The number of rotatable bonds is 7. The van der Waals surface area contributed by atoms with Gasteiger partial charge in [0.1, 0.15) is 11.5 Å². The maximum absolute atomic E-state index is 12.1. The van der Waals surface area contributed by atoms with E-state index < -0.39 is 6.10 Å². The van der Waals surface area contributed by atoms with Gasteiger partial charge in [-0.3, -0.25) is 9.78 Å². The number of methoxy groups -OCH3 is 1. The molecular weight excluding hydrogens is 394 g/mol. The van der Waals surface area contributed by atoms with Crippen LogP contribution in [0.2, 0.25) is 0 Å². The quantitative estimate of drug-likeness (QED) is 0.570. The fraction of sp³-hybridized carbons (Fsp3) is 0.333. The number of nitrogens with one attached hydrogen (secondary N) is 1. The zero-order valence-corrected chi connectivity index (χ0v) is 17.5. The van der Waals surface area contributed by atoms with Crippen molar-refractivity contribution in [3.8, 4) is 5.75 Å². The smallest absolute Gasteiger partial charge is 0.244 e. The second-order valence-corrected chi connectivity index (χ2v) is 7.73. The van der Waals surface area contributed by atoms with Crippen LogP contribution >= 0.6 is 0 Å². The Balaban J connectivity index is 1.31. The van der Waals surface area contributed by atoms with E-state index in [4.69, 9.17) is 9.15 Å². The Hall–Kier alpha value is -3.16. The van der Waals surface area contributed by atoms with E-state index in [9.17, 15) is 9.90 Å². The molecule has 1 saturated heterocycles. The number of amides is 1. The van der Waals surface area contributed by atoms with E-state index in [0.717, 1.165) is 48.1 Å². The number of likely N-dealkylation sites (tertiary alicyclic amines) is 1. The summed E-state index contributed by atoms with van der Waals surface area (Å²) in [5.41, 5.74) is 1.68. The van der Waals surface area contributed by atoms with Crippen molar-refractivity contribution in [1.82, 2.24) is 15.2 Å². The molecule has 3 heterocycles. The number of hydrogen-bond donors (Lipinski definition) is 2. The third-order valence-corrected chi connectivity index (χ3v) is 5.65. The number of carbonyl (C=O) groups is 1. The van der Waals surface area contributed by atoms with Crippen molar-refractivity contribution in [1.29, 1.82) is 0 Å². The van der Waals surface area contributed by atoms with Crippen LogP contribution in [0.5, 0.6) is 5.75 Å². The third-order valence-electron chi connectivity index (χ3n) is 5.65. The molecule has 0 bridgehead atoms. The second kappa shape index (κ2) is 9.76. The van der Waals surface area contributed by atoms with Crippen LogP contribution in [-0.4, -0.2) is 53.7 Å². The molecule has 1 aromatic carbocycles. The van der Waals surface area contributed by atoms with Gasteiger partial charge in [0.05, 0.1) is 25.0 Å². The molecule has 0 spiro atoms. The fourth-order valence-corrected chi connectivity index (χ4v) is 3.96.